The molecular formula is C69H135N2O6P. The number of allylic oxidation sites excluding steroid dienone is 6. The number of unbranched alkanes of at least 4 members (excludes halogenated alkanes) is 45. The molecule has 0 fully saturated rings. The van der Waals surface area contributed by atoms with E-state index in [9.17, 15) is 19.4 Å². The number of carbonyl (C=O) groups is 1. The summed E-state index contributed by atoms with van der Waals surface area (Å²) in [6.07, 6.45) is 79.3. The lowest BCUT2D eigenvalue weighted by molar-refractivity contribution is -0.870. The zero-order valence-electron chi connectivity index (χ0n) is 52.9. The molecule has 0 aliphatic rings. The van der Waals surface area contributed by atoms with Crippen molar-refractivity contribution >= 4 is 13.7 Å². The molecule has 0 radical (unpaired) electrons. The second-order valence-corrected chi connectivity index (χ2v) is 26.3. The largest absolute Gasteiger partial charge is 0.756 e. The van der Waals surface area contributed by atoms with Crippen LogP contribution in [0.1, 0.15) is 348 Å². The number of nitrogens with zero attached hydrogens (tertiary/aromatic N) is 1. The van der Waals surface area contributed by atoms with Crippen molar-refractivity contribution in [3.63, 3.8) is 0 Å². The molecule has 0 rings (SSSR count). The van der Waals surface area contributed by atoms with Gasteiger partial charge >= 0.3 is 0 Å². The van der Waals surface area contributed by atoms with Gasteiger partial charge in [0.05, 0.1) is 39.9 Å². The van der Waals surface area contributed by atoms with Gasteiger partial charge in [-0.25, -0.2) is 0 Å². The number of quaternary nitrogens is 1. The minimum absolute atomic E-state index is 0.0108. The van der Waals surface area contributed by atoms with Crippen LogP contribution in [0.5, 0.6) is 0 Å². The zero-order valence-corrected chi connectivity index (χ0v) is 53.8. The van der Waals surface area contributed by atoms with Crippen LogP contribution >= 0.6 is 7.82 Å². The summed E-state index contributed by atoms with van der Waals surface area (Å²) < 4.78 is 23.5. The Labute approximate surface area is 487 Å². The minimum Gasteiger partial charge on any atom is -0.756 e. The van der Waals surface area contributed by atoms with Gasteiger partial charge in [0.25, 0.3) is 7.82 Å². The predicted molar refractivity (Wildman–Crippen MR) is 339 cm³/mol. The molecule has 78 heavy (non-hydrogen) atoms. The number of hydrogen-bond donors (Lipinski definition) is 2. The predicted octanol–water partition coefficient (Wildman–Crippen LogP) is 21.0. The number of aliphatic hydroxyl groups excluding tert-OH is 1. The molecule has 0 saturated heterocycles. The van der Waals surface area contributed by atoms with Crippen LogP contribution in [0.15, 0.2) is 36.5 Å². The summed E-state index contributed by atoms with van der Waals surface area (Å²) in [6.45, 7) is 4.75. The van der Waals surface area contributed by atoms with Crippen LogP contribution in [-0.4, -0.2) is 68.5 Å². The molecule has 0 aromatic rings. The van der Waals surface area contributed by atoms with Crippen molar-refractivity contribution in [3.05, 3.63) is 36.5 Å². The van der Waals surface area contributed by atoms with Crippen LogP contribution < -0.4 is 10.2 Å². The van der Waals surface area contributed by atoms with E-state index >= 15 is 0 Å². The molecule has 3 unspecified atom stereocenters. The van der Waals surface area contributed by atoms with Gasteiger partial charge < -0.3 is 28.8 Å². The molecule has 462 valence electrons. The second kappa shape index (κ2) is 60.3. The normalized spacial score (nSPS) is 13.9. The van der Waals surface area contributed by atoms with Gasteiger partial charge in [-0.15, -0.1) is 0 Å². The third kappa shape index (κ3) is 62.3. The Morgan fingerprint density at radius 1 is 0.449 bits per heavy atom. The van der Waals surface area contributed by atoms with E-state index in [1.807, 2.05) is 21.1 Å². The van der Waals surface area contributed by atoms with Gasteiger partial charge in [0.1, 0.15) is 13.2 Å². The van der Waals surface area contributed by atoms with E-state index in [2.05, 4.69) is 55.6 Å². The topological polar surface area (TPSA) is 108 Å². The first kappa shape index (κ1) is 76.7. The van der Waals surface area contributed by atoms with E-state index in [1.165, 1.54) is 263 Å². The number of phosphoric acid groups is 1. The summed E-state index contributed by atoms with van der Waals surface area (Å²) in [7, 11) is 1.31. The van der Waals surface area contributed by atoms with Crippen molar-refractivity contribution in [1.82, 2.24) is 5.32 Å². The Hall–Kier alpha value is -1.28. The van der Waals surface area contributed by atoms with E-state index in [1.54, 1.807) is 0 Å². The van der Waals surface area contributed by atoms with Crippen molar-refractivity contribution < 1.29 is 32.9 Å². The van der Waals surface area contributed by atoms with E-state index in [4.69, 9.17) is 9.05 Å². The van der Waals surface area contributed by atoms with Crippen LogP contribution in [0.25, 0.3) is 0 Å². The average Bonchev–Trinajstić information content (AvgIpc) is 3.41. The van der Waals surface area contributed by atoms with Crippen molar-refractivity contribution in [2.24, 2.45) is 0 Å². The molecule has 1 amide bonds. The lowest BCUT2D eigenvalue weighted by atomic mass is 10.0. The monoisotopic (exact) mass is 1120 g/mol. The number of nitrogens with one attached hydrogen (secondary N) is 1. The van der Waals surface area contributed by atoms with Gasteiger partial charge in [-0.1, -0.05) is 326 Å². The fourth-order valence-electron chi connectivity index (χ4n) is 10.5. The molecule has 8 nitrogen and oxygen atoms in total. The molecule has 0 aliphatic carbocycles. The molecule has 0 aliphatic heterocycles. The fourth-order valence-corrected chi connectivity index (χ4v) is 11.2. The number of amides is 1. The van der Waals surface area contributed by atoms with E-state index in [0.717, 1.165) is 57.8 Å². The molecule has 0 saturated carbocycles. The summed E-state index contributed by atoms with van der Waals surface area (Å²) >= 11 is 0. The van der Waals surface area contributed by atoms with Crippen LogP contribution in [0.2, 0.25) is 0 Å². The Morgan fingerprint density at radius 3 is 1.08 bits per heavy atom. The highest BCUT2D eigenvalue weighted by Crippen LogP contribution is 2.38. The maximum absolute atomic E-state index is 13.0. The fraction of sp³-hybridized carbons (Fsp3) is 0.899. The van der Waals surface area contributed by atoms with E-state index in [0.29, 0.717) is 23.9 Å². The Morgan fingerprint density at radius 2 is 0.744 bits per heavy atom. The van der Waals surface area contributed by atoms with Crippen molar-refractivity contribution in [3.8, 4) is 0 Å². The molecule has 3 atom stereocenters. The van der Waals surface area contributed by atoms with Crippen molar-refractivity contribution in [1.29, 1.82) is 0 Å². The van der Waals surface area contributed by atoms with Crippen LogP contribution in [0.4, 0.5) is 0 Å². The maximum Gasteiger partial charge on any atom is 0.268 e. The van der Waals surface area contributed by atoms with Crippen molar-refractivity contribution in [2.75, 3.05) is 40.9 Å². The smallest absolute Gasteiger partial charge is 0.268 e. The SMILES string of the molecule is CCCCCCC/C=C\C/C=C\C/C=C\CCCCCCCCCCC(=O)NC(COP(=O)([O-])OCC[N+](C)(C)C)C(O)CCCCCCCCCCCCCCCCCCCCCCCCCCCCCCCCCCC. The Bertz CT molecular complexity index is 1360. The van der Waals surface area contributed by atoms with E-state index in [-0.39, 0.29) is 19.1 Å². The van der Waals surface area contributed by atoms with Crippen LogP contribution in [-0.2, 0) is 18.4 Å². The summed E-state index contributed by atoms with van der Waals surface area (Å²) in [5.74, 6) is -0.167. The summed E-state index contributed by atoms with van der Waals surface area (Å²) in [5.41, 5.74) is 0. The zero-order chi connectivity index (χ0) is 57.0. The lowest BCUT2D eigenvalue weighted by Crippen LogP contribution is -2.46. The van der Waals surface area contributed by atoms with Gasteiger partial charge in [0.15, 0.2) is 0 Å². The minimum atomic E-state index is -4.58. The van der Waals surface area contributed by atoms with Gasteiger partial charge in [0.2, 0.25) is 5.91 Å². The number of rotatable bonds is 64. The van der Waals surface area contributed by atoms with Gasteiger partial charge in [-0.3, -0.25) is 9.36 Å². The summed E-state index contributed by atoms with van der Waals surface area (Å²) in [4.78, 5) is 25.6. The Balaban J connectivity index is 4.02. The summed E-state index contributed by atoms with van der Waals surface area (Å²) in [5, 5.41) is 14.1. The quantitative estimate of drug-likeness (QED) is 0.0272. The first-order chi connectivity index (χ1) is 38.0. The average molecular weight is 1120 g/mol. The third-order valence-electron chi connectivity index (χ3n) is 15.9. The van der Waals surface area contributed by atoms with Crippen LogP contribution in [0.3, 0.4) is 0 Å². The lowest BCUT2D eigenvalue weighted by Gasteiger charge is -2.30. The molecule has 0 aromatic carbocycles. The second-order valence-electron chi connectivity index (χ2n) is 24.9. The highest BCUT2D eigenvalue weighted by molar-refractivity contribution is 7.45. The molecular weight excluding hydrogens is 984 g/mol. The van der Waals surface area contributed by atoms with E-state index < -0.39 is 20.0 Å². The van der Waals surface area contributed by atoms with Crippen molar-refractivity contribution in [2.45, 2.75) is 360 Å². The first-order valence-electron chi connectivity index (χ1n) is 34.3. The molecule has 2 N–H and O–H groups in total. The van der Waals surface area contributed by atoms with Crippen LogP contribution in [0, 0.1) is 0 Å². The molecule has 0 bridgehead atoms. The molecule has 0 spiro atoms. The molecule has 0 heterocycles. The van der Waals surface area contributed by atoms with Gasteiger partial charge in [0, 0.05) is 6.42 Å². The molecule has 0 aromatic heterocycles. The number of aliphatic hydroxyl groups is 1. The molecule has 9 heteroatoms. The first-order valence-corrected chi connectivity index (χ1v) is 35.8. The summed E-state index contributed by atoms with van der Waals surface area (Å²) in [6, 6.07) is -0.807. The highest BCUT2D eigenvalue weighted by atomic mass is 31.2. The third-order valence-corrected chi connectivity index (χ3v) is 16.8. The van der Waals surface area contributed by atoms with Gasteiger partial charge in [-0.2, -0.15) is 0 Å². The number of carbonyl (C=O) groups excluding carboxylic acids is 1. The number of likely N-dealkylation sites (N-methyl/N-ethyl adjacent to an activating group) is 1. The standard InChI is InChI=1S/C69H135N2O6P/c1-6-8-10-12-14-16-18-20-22-24-26-28-30-31-32-33-34-35-36-37-38-39-41-42-44-46-48-50-52-54-56-58-60-62-68(72)67(66-77-78(74,75)76-65-64-71(3,4)5)70-69(73)63-61-59-57-55-53-51-49-47-45-43-40-29-27-25-23-21-19-17-15-13-11-9-7-2/h19,21,25,27,40,43,67-68,72H,6-18,20,22-24,26,28-39,41-42,44-66H2,1-5H3,(H-,70,73,74,75)/b21-19-,27-25-,43-40-. The number of hydrogen-bond acceptors (Lipinski definition) is 6. The highest BCUT2D eigenvalue weighted by Gasteiger charge is 2.24. The number of phosphoric ester groups is 1. The van der Waals surface area contributed by atoms with Gasteiger partial charge in [-0.05, 0) is 51.4 Å². The maximum atomic E-state index is 13.0. The Kier molecular flexibility index (Phi) is 59.3.